The summed E-state index contributed by atoms with van der Waals surface area (Å²) < 4.78 is 10.6. The molecule has 0 bridgehead atoms. The van der Waals surface area contributed by atoms with Crippen molar-refractivity contribution in [3.8, 4) is 0 Å². The van der Waals surface area contributed by atoms with E-state index in [1.807, 2.05) is 13.8 Å². The number of esters is 1. The van der Waals surface area contributed by atoms with Crippen molar-refractivity contribution >= 4 is 5.97 Å². The molecule has 110 valence electrons. The molecule has 5 nitrogen and oxygen atoms in total. The van der Waals surface area contributed by atoms with E-state index in [1.54, 1.807) is 20.2 Å². The summed E-state index contributed by atoms with van der Waals surface area (Å²) in [4.78, 5) is 20.8. The molecular formula is C15H22N2O3. The highest BCUT2D eigenvalue weighted by Crippen LogP contribution is 2.42. The molecule has 1 fully saturated rings. The first-order valence-corrected chi connectivity index (χ1v) is 7.15. The Labute approximate surface area is 119 Å². The SMILES string of the molecule is CCOC(=O)c1cnc(C(OC)C2CC2)nc1C(C)C. The van der Waals surface area contributed by atoms with E-state index in [-0.39, 0.29) is 18.0 Å². The van der Waals surface area contributed by atoms with Crippen LogP contribution in [0, 0.1) is 5.92 Å². The van der Waals surface area contributed by atoms with Crippen molar-refractivity contribution in [3.05, 3.63) is 23.3 Å². The van der Waals surface area contributed by atoms with E-state index in [0.29, 0.717) is 23.9 Å². The molecule has 1 saturated carbocycles. The number of methoxy groups -OCH3 is 1. The zero-order valence-corrected chi connectivity index (χ0v) is 12.5. The van der Waals surface area contributed by atoms with Crippen LogP contribution < -0.4 is 0 Å². The van der Waals surface area contributed by atoms with Crippen LogP contribution >= 0.6 is 0 Å². The minimum atomic E-state index is -0.358. The largest absolute Gasteiger partial charge is 0.462 e. The summed E-state index contributed by atoms with van der Waals surface area (Å²) in [5.41, 5.74) is 1.19. The fourth-order valence-corrected chi connectivity index (χ4v) is 2.26. The molecule has 0 aromatic carbocycles. The monoisotopic (exact) mass is 278 g/mol. The molecule has 1 unspecified atom stereocenters. The van der Waals surface area contributed by atoms with E-state index in [9.17, 15) is 4.79 Å². The predicted molar refractivity (Wildman–Crippen MR) is 74.6 cm³/mol. The van der Waals surface area contributed by atoms with Gasteiger partial charge in [0.25, 0.3) is 0 Å². The smallest absolute Gasteiger partial charge is 0.341 e. The van der Waals surface area contributed by atoms with Crippen LogP contribution in [0.2, 0.25) is 0 Å². The highest BCUT2D eigenvalue weighted by atomic mass is 16.5. The summed E-state index contributed by atoms with van der Waals surface area (Å²) >= 11 is 0. The van der Waals surface area contributed by atoms with Crippen LogP contribution in [-0.4, -0.2) is 29.7 Å². The molecule has 0 amide bonds. The lowest BCUT2D eigenvalue weighted by Crippen LogP contribution is -2.16. The fraction of sp³-hybridized carbons (Fsp3) is 0.667. The zero-order valence-electron chi connectivity index (χ0n) is 12.5. The van der Waals surface area contributed by atoms with E-state index in [4.69, 9.17) is 9.47 Å². The molecule has 1 heterocycles. The lowest BCUT2D eigenvalue weighted by atomic mass is 10.0. The summed E-state index contributed by atoms with van der Waals surface area (Å²) in [5, 5.41) is 0. The molecule has 1 aromatic rings. The summed E-state index contributed by atoms with van der Waals surface area (Å²) in [6.07, 6.45) is 3.81. The van der Waals surface area contributed by atoms with Crippen molar-refractivity contribution in [1.29, 1.82) is 0 Å². The van der Waals surface area contributed by atoms with Gasteiger partial charge in [-0.3, -0.25) is 0 Å². The normalized spacial score (nSPS) is 16.2. The van der Waals surface area contributed by atoms with Crippen molar-refractivity contribution in [2.75, 3.05) is 13.7 Å². The average molecular weight is 278 g/mol. The molecule has 0 radical (unpaired) electrons. The lowest BCUT2D eigenvalue weighted by molar-refractivity contribution is 0.0521. The zero-order chi connectivity index (χ0) is 14.7. The van der Waals surface area contributed by atoms with E-state index in [1.165, 1.54) is 0 Å². The van der Waals surface area contributed by atoms with Crippen molar-refractivity contribution in [1.82, 2.24) is 9.97 Å². The summed E-state index contributed by atoms with van der Waals surface area (Å²) in [7, 11) is 1.68. The highest BCUT2D eigenvalue weighted by Gasteiger charge is 2.35. The Bertz CT molecular complexity index is 484. The van der Waals surface area contributed by atoms with Crippen LogP contribution in [0.1, 0.15) is 67.5 Å². The standard InChI is InChI=1S/C15H22N2O3/c1-5-20-15(18)11-8-16-14(17-12(11)9(2)3)13(19-4)10-6-7-10/h8-10,13H,5-7H2,1-4H3. The molecule has 1 aliphatic rings. The number of nitrogens with zero attached hydrogens (tertiary/aromatic N) is 2. The van der Waals surface area contributed by atoms with Gasteiger partial charge in [0, 0.05) is 13.3 Å². The van der Waals surface area contributed by atoms with Crippen LogP contribution in [-0.2, 0) is 9.47 Å². The molecule has 0 spiro atoms. The van der Waals surface area contributed by atoms with Gasteiger partial charge in [-0.15, -0.1) is 0 Å². The van der Waals surface area contributed by atoms with Crippen LogP contribution in [0.15, 0.2) is 6.20 Å². The molecular weight excluding hydrogens is 256 g/mol. The van der Waals surface area contributed by atoms with Crippen LogP contribution in [0.4, 0.5) is 0 Å². The highest BCUT2D eigenvalue weighted by molar-refractivity contribution is 5.90. The molecule has 5 heteroatoms. The van der Waals surface area contributed by atoms with Gasteiger partial charge in [0.2, 0.25) is 0 Å². The van der Waals surface area contributed by atoms with E-state index >= 15 is 0 Å². The molecule has 0 aliphatic heterocycles. The molecule has 1 aliphatic carbocycles. The second-order valence-corrected chi connectivity index (χ2v) is 5.40. The molecule has 1 atom stereocenters. The number of aromatic nitrogens is 2. The molecule has 0 saturated heterocycles. The first-order chi connectivity index (χ1) is 9.58. The minimum absolute atomic E-state index is 0.0660. The van der Waals surface area contributed by atoms with Gasteiger partial charge in [0.15, 0.2) is 5.82 Å². The number of carbonyl (C=O) groups is 1. The Balaban J connectivity index is 2.33. The van der Waals surface area contributed by atoms with Crippen molar-refractivity contribution in [3.63, 3.8) is 0 Å². The number of hydrogen-bond donors (Lipinski definition) is 0. The van der Waals surface area contributed by atoms with E-state index < -0.39 is 0 Å². The lowest BCUT2D eigenvalue weighted by Gasteiger charge is -2.16. The van der Waals surface area contributed by atoms with Crippen LogP contribution in [0.3, 0.4) is 0 Å². The number of carbonyl (C=O) groups excluding carboxylic acids is 1. The quantitative estimate of drug-likeness (QED) is 0.749. The molecule has 0 N–H and O–H groups in total. The third-order valence-electron chi connectivity index (χ3n) is 3.44. The van der Waals surface area contributed by atoms with Gasteiger partial charge in [-0.05, 0) is 31.6 Å². The van der Waals surface area contributed by atoms with Gasteiger partial charge in [-0.25, -0.2) is 14.8 Å². The Hall–Kier alpha value is -1.49. The molecule has 20 heavy (non-hydrogen) atoms. The second kappa shape index (κ2) is 6.31. The number of ether oxygens (including phenoxy) is 2. The van der Waals surface area contributed by atoms with Gasteiger partial charge in [-0.1, -0.05) is 13.8 Å². The third-order valence-corrected chi connectivity index (χ3v) is 3.44. The molecule has 1 aromatic heterocycles. The number of hydrogen-bond acceptors (Lipinski definition) is 5. The number of rotatable bonds is 6. The Morgan fingerprint density at radius 1 is 1.45 bits per heavy atom. The summed E-state index contributed by atoms with van der Waals surface area (Å²) in [5.74, 6) is 0.955. The third kappa shape index (κ3) is 3.15. The second-order valence-electron chi connectivity index (χ2n) is 5.40. The van der Waals surface area contributed by atoms with Gasteiger partial charge in [-0.2, -0.15) is 0 Å². The summed E-state index contributed by atoms with van der Waals surface area (Å²) in [6.45, 7) is 6.15. The van der Waals surface area contributed by atoms with Crippen LogP contribution in [0.25, 0.3) is 0 Å². The Morgan fingerprint density at radius 3 is 2.65 bits per heavy atom. The predicted octanol–water partition coefficient (Wildman–Crippen LogP) is 2.87. The molecule has 2 rings (SSSR count). The fourth-order valence-electron chi connectivity index (χ4n) is 2.26. The van der Waals surface area contributed by atoms with Gasteiger partial charge in [0.05, 0.1) is 17.9 Å². The maximum atomic E-state index is 11.9. The topological polar surface area (TPSA) is 61.3 Å². The van der Waals surface area contributed by atoms with Gasteiger partial charge >= 0.3 is 5.97 Å². The summed E-state index contributed by atoms with van der Waals surface area (Å²) in [6, 6.07) is 0. The van der Waals surface area contributed by atoms with Crippen molar-refractivity contribution in [2.45, 2.75) is 45.6 Å². The first-order valence-electron chi connectivity index (χ1n) is 7.15. The first kappa shape index (κ1) is 14.9. The minimum Gasteiger partial charge on any atom is -0.462 e. The van der Waals surface area contributed by atoms with Gasteiger partial charge in [0.1, 0.15) is 6.10 Å². The van der Waals surface area contributed by atoms with Gasteiger partial charge < -0.3 is 9.47 Å². The van der Waals surface area contributed by atoms with Crippen LogP contribution in [0.5, 0.6) is 0 Å². The van der Waals surface area contributed by atoms with Crippen molar-refractivity contribution < 1.29 is 14.3 Å². The Morgan fingerprint density at radius 2 is 2.15 bits per heavy atom. The maximum absolute atomic E-state index is 11.9. The van der Waals surface area contributed by atoms with E-state index in [0.717, 1.165) is 18.5 Å². The van der Waals surface area contributed by atoms with Crippen molar-refractivity contribution in [2.24, 2.45) is 5.92 Å². The Kier molecular flexibility index (Phi) is 4.70. The maximum Gasteiger partial charge on any atom is 0.341 e. The van der Waals surface area contributed by atoms with E-state index in [2.05, 4.69) is 9.97 Å². The average Bonchev–Trinajstić information content (AvgIpc) is 3.24.